The monoisotopic (exact) mass is 329 g/mol. The fourth-order valence-corrected chi connectivity index (χ4v) is 2.23. The summed E-state index contributed by atoms with van der Waals surface area (Å²) in [6.45, 7) is 5.09. The summed E-state index contributed by atoms with van der Waals surface area (Å²) in [6.07, 6.45) is 0. The molecule has 0 spiro atoms. The van der Waals surface area contributed by atoms with Gasteiger partial charge in [0, 0.05) is 18.3 Å². The van der Waals surface area contributed by atoms with Crippen LogP contribution in [0.2, 0.25) is 0 Å². The van der Waals surface area contributed by atoms with Gasteiger partial charge in [0.1, 0.15) is 5.82 Å². The zero-order valence-corrected chi connectivity index (χ0v) is 13.8. The van der Waals surface area contributed by atoms with Crippen LogP contribution in [-0.2, 0) is 10.3 Å². The summed E-state index contributed by atoms with van der Waals surface area (Å²) in [5.41, 5.74) is 1.38. The van der Waals surface area contributed by atoms with Gasteiger partial charge in [-0.15, -0.1) is 0 Å². The first-order chi connectivity index (χ1) is 11.3. The van der Waals surface area contributed by atoms with Gasteiger partial charge in [-0.05, 0) is 55.8 Å². The summed E-state index contributed by atoms with van der Waals surface area (Å²) in [7, 11) is 0. The molecule has 0 heterocycles. The summed E-state index contributed by atoms with van der Waals surface area (Å²) in [5, 5.41) is 8.22. The van der Waals surface area contributed by atoms with Gasteiger partial charge >= 0.3 is 6.03 Å². The van der Waals surface area contributed by atoms with Crippen molar-refractivity contribution in [2.75, 3.05) is 10.6 Å². The molecule has 24 heavy (non-hydrogen) atoms. The second-order valence-corrected chi connectivity index (χ2v) is 5.97. The fourth-order valence-electron chi connectivity index (χ4n) is 2.23. The molecular weight excluding hydrogens is 309 g/mol. The van der Waals surface area contributed by atoms with E-state index in [1.165, 1.54) is 19.1 Å². The zero-order chi connectivity index (χ0) is 17.7. The summed E-state index contributed by atoms with van der Waals surface area (Å²) in [5.74, 6) is -0.479. The van der Waals surface area contributed by atoms with E-state index in [2.05, 4.69) is 16.0 Å². The molecule has 0 saturated carbocycles. The molecule has 2 aromatic carbocycles. The molecule has 6 heteroatoms. The molecule has 5 nitrogen and oxygen atoms in total. The van der Waals surface area contributed by atoms with Gasteiger partial charge in [-0.1, -0.05) is 12.1 Å². The standard InChI is InChI=1S/C18H20FN3O2/c1-12(23)20-15-8-10-16(11-9-15)21-17(24)22-18(2,3)13-4-6-14(19)7-5-13/h4-11H,1-3H3,(H,20,23)(H2,21,22,24). The molecule has 0 aromatic heterocycles. The first kappa shape index (κ1) is 17.5. The maximum atomic E-state index is 13.0. The van der Waals surface area contributed by atoms with Crippen LogP contribution in [0.1, 0.15) is 26.3 Å². The number of amides is 3. The Bertz CT molecular complexity index is 725. The molecule has 0 aliphatic heterocycles. The predicted molar refractivity (Wildman–Crippen MR) is 92.3 cm³/mol. The topological polar surface area (TPSA) is 70.2 Å². The van der Waals surface area contributed by atoms with Gasteiger partial charge in [0.05, 0.1) is 5.54 Å². The number of hydrogen-bond acceptors (Lipinski definition) is 2. The number of carbonyl (C=O) groups is 2. The molecule has 2 rings (SSSR count). The van der Waals surface area contributed by atoms with E-state index >= 15 is 0 Å². The summed E-state index contributed by atoms with van der Waals surface area (Å²) >= 11 is 0. The second kappa shape index (κ2) is 7.12. The van der Waals surface area contributed by atoms with Crippen molar-refractivity contribution in [2.45, 2.75) is 26.3 Å². The van der Waals surface area contributed by atoms with Gasteiger partial charge in [-0.3, -0.25) is 4.79 Å². The maximum Gasteiger partial charge on any atom is 0.319 e. The third-order valence-corrected chi connectivity index (χ3v) is 3.46. The number of urea groups is 1. The molecule has 0 fully saturated rings. The highest BCUT2D eigenvalue weighted by atomic mass is 19.1. The van der Waals surface area contributed by atoms with Crippen molar-refractivity contribution in [1.82, 2.24) is 5.32 Å². The number of benzene rings is 2. The smallest absolute Gasteiger partial charge is 0.319 e. The van der Waals surface area contributed by atoms with E-state index in [1.807, 2.05) is 13.8 Å². The van der Waals surface area contributed by atoms with E-state index in [0.29, 0.717) is 11.4 Å². The highest BCUT2D eigenvalue weighted by molar-refractivity contribution is 5.91. The fraction of sp³-hybridized carbons (Fsp3) is 0.222. The minimum atomic E-state index is -0.659. The van der Waals surface area contributed by atoms with Crippen LogP contribution in [0.3, 0.4) is 0 Å². The van der Waals surface area contributed by atoms with Crippen LogP contribution in [0.4, 0.5) is 20.6 Å². The molecule has 0 bridgehead atoms. The first-order valence-corrected chi connectivity index (χ1v) is 7.49. The van der Waals surface area contributed by atoms with Crippen LogP contribution in [0.25, 0.3) is 0 Å². The van der Waals surface area contributed by atoms with E-state index in [1.54, 1.807) is 36.4 Å². The Kier molecular flexibility index (Phi) is 5.18. The Morgan fingerprint density at radius 2 is 1.38 bits per heavy atom. The number of halogens is 1. The Hall–Kier alpha value is -2.89. The van der Waals surface area contributed by atoms with Crippen LogP contribution < -0.4 is 16.0 Å². The van der Waals surface area contributed by atoms with Crippen molar-refractivity contribution in [3.63, 3.8) is 0 Å². The van der Waals surface area contributed by atoms with Crippen molar-refractivity contribution in [3.05, 3.63) is 59.9 Å². The van der Waals surface area contributed by atoms with Gasteiger partial charge in [-0.25, -0.2) is 9.18 Å². The molecule has 126 valence electrons. The van der Waals surface area contributed by atoms with Crippen LogP contribution in [-0.4, -0.2) is 11.9 Å². The minimum absolute atomic E-state index is 0.158. The summed E-state index contributed by atoms with van der Waals surface area (Å²) in [6, 6.07) is 12.4. The third kappa shape index (κ3) is 4.81. The Morgan fingerprint density at radius 1 is 0.875 bits per heavy atom. The molecule has 0 aliphatic carbocycles. The highest BCUT2D eigenvalue weighted by Crippen LogP contribution is 2.21. The largest absolute Gasteiger partial charge is 0.329 e. The average molecular weight is 329 g/mol. The van der Waals surface area contributed by atoms with Crippen LogP contribution in [0.15, 0.2) is 48.5 Å². The Balaban J connectivity index is 1.99. The molecule has 0 saturated heterocycles. The number of anilines is 2. The van der Waals surface area contributed by atoms with Crippen LogP contribution >= 0.6 is 0 Å². The van der Waals surface area contributed by atoms with Gasteiger partial charge in [-0.2, -0.15) is 0 Å². The van der Waals surface area contributed by atoms with Gasteiger partial charge < -0.3 is 16.0 Å². The van der Waals surface area contributed by atoms with E-state index in [0.717, 1.165) is 5.56 Å². The number of nitrogens with one attached hydrogen (secondary N) is 3. The molecule has 3 amide bonds. The first-order valence-electron chi connectivity index (χ1n) is 7.49. The molecule has 0 atom stereocenters. The molecule has 0 unspecified atom stereocenters. The quantitative estimate of drug-likeness (QED) is 0.797. The van der Waals surface area contributed by atoms with Crippen molar-refractivity contribution < 1.29 is 14.0 Å². The van der Waals surface area contributed by atoms with E-state index in [4.69, 9.17) is 0 Å². The minimum Gasteiger partial charge on any atom is -0.329 e. The van der Waals surface area contributed by atoms with Crippen molar-refractivity contribution >= 4 is 23.3 Å². The van der Waals surface area contributed by atoms with E-state index in [9.17, 15) is 14.0 Å². The van der Waals surface area contributed by atoms with E-state index in [-0.39, 0.29) is 17.8 Å². The van der Waals surface area contributed by atoms with Crippen molar-refractivity contribution in [1.29, 1.82) is 0 Å². The molecule has 0 radical (unpaired) electrons. The van der Waals surface area contributed by atoms with E-state index < -0.39 is 5.54 Å². The summed E-state index contributed by atoms with van der Waals surface area (Å²) < 4.78 is 13.0. The SMILES string of the molecule is CC(=O)Nc1ccc(NC(=O)NC(C)(C)c2ccc(F)cc2)cc1. The number of carbonyl (C=O) groups excluding carboxylic acids is 2. The number of rotatable bonds is 4. The lowest BCUT2D eigenvalue weighted by Gasteiger charge is -2.27. The van der Waals surface area contributed by atoms with Gasteiger partial charge in [0.25, 0.3) is 0 Å². The van der Waals surface area contributed by atoms with Crippen molar-refractivity contribution in [3.8, 4) is 0 Å². The number of hydrogen-bond donors (Lipinski definition) is 3. The second-order valence-electron chi connectivity index (χ2n) is 5.97. The molecule has 0 aliphatic rings. The molecule has 3 N–H and O–H groups in total. The Labute approximate surface area is 140 Å². The lowest BCUT2D eigenvalue weighted by Crippen LogP contribution is -2.43. The van der Waals surface area contributed by atoms with Crippen molar-refractivity contribution in [2.24, 2.45) is 0 Å². The average Bonchev–Trinajstić information content (AvgIpc) is 2.48. The predicted octanol–water partition coefficient (Wildman–Crippen LogP) is 3.84. The maximum absolute atomic E-state index is 13.0. The lowest BCUT2D eigenvalue weighted by atomic mass is 9.94. The van der Waals surface area contributed by atoms with Gasteiger partial charge in [0.15, 0.2) is 0 Å². The Morgan fingerprint density at radius 3 is 1.88 bits per heavy atom. The zero-order valence-electron chi connectivity index (χ0n) is 13.8. The molecule has 2 aromatic rings. The van der Waals surface area contributed by atoms with Gasteiger partial charge in [0.2, 0.25) is 5.91 Å². The van der Waals surface area contributed by atoms with Crippen LogP contribution in [0, 0.1) is 5.82 Å². The lowest BCUT2D eigenvalue weighted by molar-refractivity contribution is -0.114. The normalized spacial score (nSPS) is 10.8. The van der Waals surface area contributed by atoms with Crippen LogP contribution in [0.5, 0.6) is 0 Å². The molecular formula is C18H20FN3O2. The highest BCUT2D eigenvalue weighted by Gasteiger charge is 2.22. The third-order valence-electron chi connectivity index (χ3n) is 3.46. The summed E-state index contributed by atoms with van der Waals surface area (Å²) in [4.78, 5) is 23.1.